The van der Waals surface area contributed by atoms with Crippen LogP contribution >= 0.6 is 12.4 Å². The third-order valence-corrected chi connectivity index (χ3v) is 5.51. The van der Waals surface area contributed by atoms with Gasteiger partial charge in [0.25, 0.3) is 0 Å². The number of hydrogen-bond acceptors (Lipinski definition) is 3. The Kier molecular flexibility index (Phi) is 6.33. The molecule has 0 saturated heterocycles. The smallest absolute Gasteiger partial charge is 0.329 e. The van der Waals surface area contributed by atoms with Crippen LogP contribution in [0.3, 0.4) is 0 Å². The van der Waals surface area contributed by atoms with E-state index in [1.165, 1.54) is 0 Å². The Morgan fingerprint density at radius 3 is 2.41 bits per heavy atom. The molecule has 3 aromatic rings. The Labute approximate surface area is 176 Å². The predicted molar refractivity (Wildman–Crippen MR) is 120 cm³/mol. The maximum absolute atomic E-state index is 13.0. The van der Waals surface area contributed by atoms with Crippen LogP contribution in [0, 0.1) is 0 Å². The quantitative estimate of drug-likeness (QED) is 0.648. The first-order valence-corrected chi connectivity index (χ1v) is 9.97. The molecule has 0 atom stereocenters. The number of nitrogens with zero attached hydrogens (tertiary/aromatic N) is 3. The van der Waals surface area contributed by atoms with Crippen LogP contribution in [0.2, 0.25) is 0 Å². The molecular formula is C22H27ClN4O2. The van der Waals surface area contributed by atoms with Crippen molar-refractivity contribution in [2.75, 3.05) is 17.2 Å². The third kappa shape index (κ3) is 3.77. The topological polar surface area (TPSA) is 73.3 Å². The SMILES string of the molecule is CCCn1c(=O)n(CCC(=O)N2CCCc3c(N)cccc32)c2ccccc21.Cl. The van der Waals surface area contributed by atoms with Gasteiger partial charge in [-0.1, -0.05) is 25.1 Å². The average Bonchev–Trinajstić information content (AvgIpc) is 2.98. The molecule has 0 spiro atoms. The summed E-state index contributed by atoms with van der Waals surface area (Å²) in [6.45, 7) is 3.81. The van der Waals surface area contributed by atoms with E-state index in [0.29, 0.717) is 19.6 Å². The lowest BCUT2D eigenvalue weighted by atomic mass is 9.99. The second-order valence-electron chi connectivity index (χ2n) is 7.32. The minimum Gasteiger partial charge on any atom is -0.398 e. The van der Waals surface area contributed by atoms with Gasteiger partial charge in [0.2, 0.25) is 5.91 Å². The number of nitrogen functional groups attached to an aromatic ring is 1. The molecule has 0 bridgehead atoms. The Bertz CT molecular complexity index is 1090. The number of para-hydroxylation sites is 2. The number of carbonyl (C=O) groups excluding carboxylic acids is 1. The van der Waals surface area contributed by atoms with Gasteiger partial charge in [-0.15, -0.1) is 12.4 Å². The zero-order chi connectivity index (χ0) is 19.7. The third-order valence-electron chi connectivity index (χ3n) is 5.51. The van der Waals surface area contributed by atoms with Crippen LogP contribution < -0.4 is 16.3 Å². The van der Waals surface area contributed by atoms with Crippen molar-refractivity contribution in [2.24, 2.45) is 0 Å². The molecule has 1 aliphatic rings. The molecule has 0 fully saturated rings. The standard InChI is InChI=1S/C22H26N4O2.ClH/c1-2-13-25-19-9-3-4-10-20(19)26(22(25)28)15-12-21(27)24-14-6-7-16-17(23)8-5-11-18(16)24;/h3-5,8-11H,2,6-7,12-15,23H2,1H3;1H. The number of fused-ring (bicyclic) bond motifs is 2. The molecule has 2 heterocycles. The average molecular weight is 415 g/mol. The van der Waals surface area contributed by atoms with E-state index >= 15 is 0 Å². The van der Waals surface area contributed by atoms with Gasteiger partial charge in [-0.2, -0.15) is 0 Å². The van der Waals surface area contributed by atoms with Crippen molar-refractivity contribution in [1.29, 1.82) is 0 Å². The number of nitrogens with two attached hydrogens (primary N) is 1. The van der Waals surface area contributed by atoms with E-state index in [2.05, 4.69) is 6.92 Å². The molecule has 29 heavy (non-hydrogen) atoms. The highest BCUT2D eigenvalue weighted by molar-refractivity contribution is 5.95. The number of hydrogen-bond donors (Lipinski definition) is 1. The molecule has 0 unspecified atom stereocenters. The van der Waals surface area contributed by atoms with E-state index < -0.39 is 0 Å². The lowest BCUT2D eigenvalue weighted by Gasteiger charge is -2.30. The van der Waals surface area contributed by atoms with E-state index in [4.69, 9.17) is 5.73 Å². The van der Waals surface area contributed by atoms with E-state index in [9.17, 15) is 9.59 Å². The van der Waals surface area contributed by atoms with Gasteiger partial charge in [0, 0.05) is 37.4 Å². The fraction of sp³-hybridized carbons (Fsp3) is 0.364. The van der Waals surface area contributed by atoms with Crippen molar-refractivity contribution >= 4 is 40.7 Å². The maximum atomic E-state index is 13.0. The number of amides is 1. The van der Waals surface area contributed by atoms with Gasteiger partial charge >= 0.3 is 5.69 Å². The molecule has 1 amide bonds. The van der Waals surface area contributed by atoms with Gasteiger partial charge in [-0.25, -0.2) is 4.79 Å². The van der Waals surface area contributed by atoms with E-state index in [-0.39, 0.29) is 30.4 Å². The Hall–Kier alpha value is -2.73. The number of halogens is 1. The second-order valence-corrected chi connectivity index (χ2v) is 7.32. The van der Waals surface area contributed by atoms with Gasteiger partial charge in [0.15, 0.2) is 0 Å². The Morgan fingerprint density at radius 2 is 1.72 bits per heavy atom. The van der Waals surface area contributed by atoms with Crippen molar-refractivity contribution in [2.45, 2.75) is 45.7 Å². The maximum Gasteiger partial charge on any atom is 0.329 e. The van der Waals surface area contributed by atoms with Crippen molar-refractivity contribution in [3.63, 3.8) is 0 Å². The molecule has 1 aliphatic heterocycles. The largest absolute Gasteiger partial charge is 0.398 e. The minimum atomic E-state index is -0.0425. The summed E-state index contributed by atoms with van der Waals surface area (Å²) < 4.78 is 3.53. The summed E-state index contributed by atoms with van der Waals surface area (Å²) in [5, 5.41) is 0. The summed E-state index contributed by atoms with van der Waals surface area (Å²) in [5.74, 6) is 0.0331. The molecule has 0 aliphatic carbocycles. The molecule has 4 rings (SSSR count). The van der Waals surface area contributed by atoms with E-state index in [1.807, 2.05) is 47.4 Å². The van der Waals surface area contributed by atoms with E-state index in [1.54, 1.807) is 9.13 Å². The van der Waals surface area contributed by atoms with Gasteiger partial charge < -0.3 is 10.6 Å². The number of carbonyl (C=O) groups is 1. The highest BCUT2D eigenvalue weighted by Gasteiger charge is 2.24. The number of rotatable bonds is 5. The van der Waals surface area contributed by atoms with Gasteiger partial charge in [0.05, 0.1) is 11.0 Å². The number of aromatic nitrogens is 2. The molecule has 154 valence electrons. The van der Waals surface area contributed by atoms with Gasteiger partial charge in [0.1, 0.15) is 0 Å². The van der Waals surface area contributed by atoms with Crippen LogP contribution in [0.5, 0.6) is 0 Å². The van der Waals surface area contributed by atoms with Crippen molar-refractivity contribution < 1.29 is 4.79 Å². The molecular weight excluding hydrogens is 388 g/mol. The first kappa shape index (κ1) is 21.0. The monoisotopic (exact) mass is 414 g/mol. The summed E-state index contributed by atoms with van der Waals surface area (Å²) in [7, 11) is 0. The van der Waals surface area contributed by atoms with Crippen LogP contribution in [0.4, 0.5) is 11.4 Å². The number of anilines is 2. The molecule has 0 saturated carbocycles. The summed E-state index contributed by atoms with van der Waals surface area (Å²) in [6, 6.07) is 13.5. The summed E-state index contributed by atoms with van der Waals surface area (Å²) in [6.07, 6.45) is 2.98. The first-order chi connectivity index (χ1) is 13.6. The Balaban J connectivity index is 0.00000240. The predicted octanol–water partition coefficient (Wildman–Crippen LogP) is 3.59. The minimum absolute atomic E-state index is 0. The zero-order valence-electron chi connectivity index (χ0n) is 16.6. The number of aryl methyl sites for hydroxylation is 2. The van der Waals surface area contributed by atoms with Crippen LogP contribution in [-0.2, 0) is 24.3 Å². The highest BCUT2D eigenvalue weighted by atomic mass is 35.5. The fourth-order valence-electron chi connectivity index (χ4n) is 4.18. The van der Waals surface area contributed by atoms with Crippen LogP contribution in [-0.4, -0.2) is 21.6 Å². The first-order valence-electron chi connectivity index (χ1n) is 9.97. The van der Waals surface area contributed by atoms with Crippen molar-refractivity contribution in [3.05, 3.63) is 58.5 Å². The lowest BCUT2D eigenvalue weighted by molar-refractivity contribution is -0.118. The number of imidazole rings is 1. The normalized spacial score (nSPS) is 13.2. The van der Waals surface area contributed by atoms with Crippen LogP contribution in [0.25, 0.3) is 11.0 Å². The van der Waals surface area contributed by atoms with Crippen LogP contribution in [0.1, 0.15) is 31.7 Å². The van der Waals surface area contributed by atoms with E-state index in [0.717, 1.165) is 47.2 Å². The summed E-state index contributed by atoms with van der Waals surface area (Å²) in [4.78, 5) is 27.7. The zero-order valence-corrected chi connectivity index (χ0v) is 17.5. The summed E-state index contributed by atoms with van der Waals surface area (Å²) in [5.41, 5.74) is 10.6. The summed E-state index contributed by atoms with van der Waals surface area (Å²) >= 11 is 0. The fourth-order valence-corrected chi connectivity index (χ4v) is 4.18. The van der Waals surface area contributed by atoms with Gasteiger partial charge in [-0.05, 0) is 49.1 Å². The van der Waals surface area contributed by atoms with Crippen molar-refractivity contribution in [3.8, 4) is 0 Å². The molecule has 7 heteroatoms. The molecule has 0 radical (unpaired) electrons. The molecule has 6 nitrogen and oxygen atoms in total. The molecule has 1 aromatic heterocycles. The van der Waals surface area contributed by atoms with Gasteiger partial charge in [-0.3, -0.25) is 13.9 Å². The molecule has 2 aromatic carbocycles. The lowest BCUT2D eigenvalue weighted by Crippen LogP contribution is -2.36. The second kappa shape index (κ2) is 8.74. The highest BCUT2D eigenvalue weighted by Crippen LogP contribution is 2.31. The molecule has 2 N–H and O–H groups in total. The van der Waals surface area contributed by atoms with Crippen molar-refractivity contribution in [1.82, 2.24) is 9.13 Å². The van der Waals surface area contributed by atoms with Crippen LogP contribution in [0.15, 0.2) is 47.3 Å². The Morgan fingerprint density at radius 1 is 1.03 bits per heavy atom. The number of benzene rings is 2.